The van der Waals surface area contributed by atoms with Crippen LogP contribution in [0.5, 0.6) is 5.75 Å². The lowest BCUT2D eigenvalue weighted by Gasteiger charge is -2.21. The van der Waals surface area contributed by atoms with Gasteiger partial charge in [-0.15, -0.1) is 0 Å². The molecule has 1 aromatic carbocycles. The normalized spacial score (nSPS) is 11.9. The monoisotopic (exact) mass is 376 g/mol. The van der Waals surface area contributed by atoms with Crippen molar-refractivity contribution in [2.24, 2.45) is 0 Å². The van der Waals surface area contributed by atoms with E-state index >= 15 is 0 Å². The van der Waals surface area contributed by atoms with Crippen LogP contribution >= 0.6 is 0 Å². The average molecular weight is 377 g/mol. The van der Waals surface area contributed by atoms with Crippen LogP contribution in [0.4, 0.5) is 0 Å². The summed E-state index contributed by atoms with van der Waals surface area (Å²) in [4.78, 5) is 26.3. The third kappa shape index (κ3) is 8.94. The molecule has 0 aliphatic rings. The highest BCUT2D eigenvalue weighted by Gasteiger charge is 2.14. The van der Waals surface area contributed by atoms with Crippen LogP contribution in [0.15, 0.2) is 24.3 Å². The highest BCUT2D eigenvalue weighted by molar-refractivity contribution is 5.79. The lowest BCUT2D eigenvalue weighted by molar-refractivity contribution is -0.131. The minimum Gasteiger partial charge on any atom is -0.491 e. The van der Waals surface area contributed by atoms with Crippen LogP contribution in [0, 0.1) is 0 Å². The second-order valence-corrected chi connectivity index (χ2v) is 7.26. The first kappa shape index (κ1) is 23.0. The first-order chi connectivity index (χ1) is 12.9. The maximum Gasteiger partial charge on any atom is 0.222 e. The number of hydrogen-bond acceptors (Lipinski definition) is 3. The van der Waals surface area contributed by atoms with Gasteiger partial charge in [-0.2, -0.15) is 0 Å². The van der Waals surface area contributed by atoms with Gasteiger partial charge in [-0.25, -0.2) is 0 Å². The maximum absolute atomic E-state index is 12.2. The average Bonchev–Trinajstić information content (AvgIpc) is 2.61. The van der Waals surface area contributed by atoms with Crippen LogP contribution in [0.1, 0.15) is 78.3 Å². The Hall–Kier alpha value is -2.04. The minimum absolute atomic E-state index is 0.0182. The van der Waals surface area contributed by atoms with Crippen molar-refractivity contribution in [2.45, 2.75) is 78.9 Å². The van der Waals surface area contributed by atoms with E-state index in [4.69, 9.17) is 4.74 Å². The SMILES string of the molecule is CCCN(CCC)C(=O)CCCC(=O)NC(C)c1ccc(OC(C)C)cc1. The van der Waals surface area contributed by atoms with Crippen LogP contribution in [-0.2, 0) is 9.59 Å². The van der Waals surface area contributed by atoms with Crippen molar-refractivity contribution >= 4 is 11.8 Å². The summed E-state index contributed by atoms with van der Waals surface area (Å²) < 4.78 is 5.64. The van der Waals surface area contributed by atoms with Crippen LogP contribution < -0.4 is 10.1 Å². The van der Waals surface area contributed by atoms with Crippen LogP contribution in [0.2, 0.25) is 0 Å². The highest BCUT2D eigenvalue weighted by Crippen LogP contribution is 2.18. The molecule has 5 heteroatoms. The topological polar surface area (TPSA) is 58.6 Å². The van der Waals surface area contributed by atoms with E-state index < -0.39 is 0 Å². The van der Waals surface area contributed by atoms with E-state index in [1.165, 1.54) is 0 Å². The van der Waals surface area contributed by atoms with Crippen LogP contribution in [-0.4, -0.2) is 35.9 Å². The molecule has 0 aliphatic heterocycles. The summed E-state index contributed by atoms with van der Waals surface area (Å²) in [6, 6.07) is 7.72. The smallest absolute Gasteiger partial charge is 0.222 e. The molecule has 1 N–H and O–H groups in total. The molecule has 152 valence electrons. The number of carbonyl (C=O) groups is 2. The van der Waals surface area contributed by atoms with Gasteiger partial charge in [0.25, 0.3) is 0 Å². The first-order valence-corrected chi connectivity index (χ1v) is 10.2. The van der Waals surface area contributed by atoms with Crippen molar-refractivity contribution in [3.05, 3.63) is 29.8 Å². The molecule has 1 aromatic rings. The molecule has 0 radical (unpaired) electrons. The summed E-state index contributed by atoms with van der Waals surface area (Å²) in [5.74, 6) is 0.963. The quantitative estimate of drug-likeness (QED) is 0.585. The predicted molar refractivity (Wildman–Crippen MR) is 110 cm³/mol. The largest absolute Gasteiger partial charge is 0.491 e. The molecule has 5 nitrogen and oxygen atoms in total. The molecule has 2 amide bonds. The van der Waals surface area contributed by atoms with Crippen molar-refractivity contribution in [3.8, 4) is 5.75 Å². The lowest BCUT2D eigenvalue weighted by atomic mass is 10.1. The number of nitrogens with one attached hydrogen (secondary N) is 1. The van der Waals surface area contributed by atoms with Gasteiger partial charge in [-0.05, 0) is 57.7 Å². The van der Waals surface area contributed by atoms with E-state index in [0.29, 0.717) is 19.3 Å². The Morgan fingerprint density at radius 2 is 1.59 bits per heavy atom. The van der Waals surface area contributed by atoms with Gasteiger partial charge in [0.1, 0.15) is 5.75 Å². The summed E-state index contributed by atoms with van der Waals surface area (Å²) in [5, 5.41) is 3.01. The van der Waals surface area contributed by atoms with Gasteiger partial charge < -0.3 is 15.0 Å². The van der Waals surface area contributed by atoms with E-state index in [-0.39, 0.29) is 24.0 Å². The predicted octanol–water partition coefficient (Wildman–Crippen LogP) is 4.47. The van der Waals surface area contributed by atoms with E-state index in [1.807, 2.05) is 49.9 Å². The molecule has 1 unspecified atom stereocenters. The molecule has 0 aliphatic carbocycles. The summed E-state index contributed by atoms with van der Waals surface area (Å²) in [6.45, 7) is 11.7. The third-order valence-electron chi connectivity index (χ3n) is 4.26. The van der Waals surface area contributed by atoms with Crippen LogP contribution in [0.3, 0.4) is 0 Å². The van der Waals surface area contributed by atoms with Crippen molar-refractivity contribution < 1.29 is 14.3 Å². The molecule has 1 atom stereocenters. The number of benzene rings is 1. The standard InChI is InChI=1S/C22H36N2O3/c1-6-15-24(16-7-2)22(26)10-8-9-21(25)23-18(5)19-11-13-20(14-12-19)27-17(3)4/h11-14,17-18H,6-10,15-16H2,1-5H3,(H,23,25). The Morgan fingerprint density at radius 3 is 2.11 bits per heavy atom. The fourth-order valence-electron chi connectivity index (χ4n) is 2.96. The molecular formula is C22H36N2O3. The van der Waals surface area contributed by atoms with Gasteiger partial charge in [-0.3, -0.25) is 9.59 Å². The van der Waals surface area contributed by atoms with Gasteiger partial charge >= 0.3 is 0 Å². The van der Waals surface area contributed by atoms with Crippen LogP contribution in [0.25, 0.3) is 0 Å². The number of carbonyl (C=O) groups excluding carboxylic acids is 2. The summed E-state index contributed by atoms with van der Waals surface area (Å²) >= 11 is 0. The Bertz CT molecular complexity index is 563. The highest BCUT2D eigenvalue weighted by atomic mass is 16.5. The number of hydrogen-bond donors (Lipinski definition) is 1. The zero-order chi connectivity index (χ0) is 20.2. The number of rotatable bonds is 12. The van der Waals surface area contributed by atoms with Crippen molar-refractivity contribution in [1.82, 2.24) is 10.2 Å². The van der Waals surface area contributed by atoms with Gasteiger partial charge in [0.05, 0.1) is 12.1 Å². The first-order valence-electron chi connectivity index (χ1n) is 10.2. The Morgan fingerprint density at radius 1 is 1.00 bits per heavy atom. The van der Waals surface area contributed by atoms with E-state index in [2.05, 4.69) is 19.2 Å². The zero-order valence-corrected chi connectivity index (χ0v) is 17.6. The van der Waals surface area contributed by atoms with E-state index in [0.717, 1.165) is 37.2 Å². The Kier molecular flexibility index (Phi) is 10.5. The molecule has 1 rings (SSSR count). The zero-order valence-electron chi connectivity index (χ0n) is 17.6. The molecule has 0 spiro atoms. The van der Waals surface area contributed by atoms with Crippen molar-refractivity contribution in [3.63, 3.8) is 0 Å². The summed E-state index contributed by atoms with van der Waals surface area (Å²) in [6.07, 6.45) is 3.46. The molecule has 27 heavy (non-hydrogen) atoms. The fraction of sp³-hybridized carbons (Fsp3) is 0.636. The molecule has 0 aromatic heterocycles. The van der Waals surface area contributed by atoms with Crippen molar-refractivity contribution in [1.29, 1.82) is 0 Å². The number of ether oxygens (including phenoxy) is 1. The molecular weight excluding hydrogens is 340 g/mol. The van der Waals surface area contributed by atoms with E-state index in [1.54, 1.807) is 0 Å². The third-order valence-corrected chi connectivity index (χ3v) is 4.26. The molecule has 0 saturated heterocycles. The Labute approximate surface area is 164 Å². The van der Waals surface area contributed by atoms with E-state index in [9.17, 15) is 9.59 Å². The van der Waals surface area contributed by atoms with Gasteiger partial charge in [0, 0.05) is 25.9 Å². The number of nitrogens with zero attached hydrogens (tertiary/aromatic N) is 1. The minimum atomic E-state index is -0.0713. The van der Waals surface area contributed by atoms with Crippen molar-refractivity contribution in [2.75, 3.05) is 13.1 Å². The van der Waals surface area contributed by atoms with Gasteiger partial charge in [0.15, 0.2) is 0 Å². The molecule has 0 saturated carbocycles. The molecule has 0 heterocycles. The maximum atomic E-state index is 12.2. The molecule has 0 bridgehead atoms. The molecule has 0 fully saturated rings. The second-order valence-electron chi connectivity index (χ2n) is 7.26. The summed E-state index contributed by atoms with van der Waals surface area (Å²) in [5.41, 5.74) is 1.03. The fourth-order valence-corrected chi connectivity index (χ4v) is 2.96. The summed E-state index contributed by atoms with van der Waals surface area (Å²) in [7, 11) is 0. The van der Waals surface area contributed by atoms with Gasteiger partial charge in [0.2, 0.25) is 11.8 Å². The van der Waals surface area contributed by atoms with Gasteiger partial charge in [-0.1, -0.05) is 26.0 Å². The Balaban J connectivity index is 2.39. The number of amides is 2. The lowest BCUT2D eigenvalue weighted by Crippen LogP contribution is -2.32. The second kappa shape index (κ2) is 12.4.